The number of likely N-dealkylation sites (tertiary alicyclic amines) is 1. The third-order valence-corrected chi connectivity index (χ3v) is 4.89. The summed E-state index contributed by atoms with van der Waals surface area (Å²) in [6, 6.07) is 3.75. The molecular weight excluding hydrogens is 318 g/mol. The molecule has 6 nitrogen and oxygen atoms in total. The van der Waals surface area contributed by atoms with Crippen molar-refractivity contribution >= 4 is 17.3 Å². The van der Waals surface area contributed by atoms with Crippen LogP contribution in [-0.2, 0) is 4.79 Å². The Bertz CT molecular complexity index is 789. The van der Waals surface area contributed by atoms with Crippen LogP contribution in [0.15, 0.2) is 18.3 Å². The average Bonchev–Trinajstić information content (AvgIpc) is 2.92. The third kappa shape index (κ3) is 3.52. The Morgan fingerprint density at radius 3 is 2.68 bits per heavy atom. The second kappa shape index (κ2) is 7.25. The molecule has 3 rings (SSSR count). The van der Waals surface area contributed by atoms with Crippen LogP contribution in [-0.4, -0.2) is 45.7 Å². The summed E-state index contributed by atoms with van der Waals surface area (Å²) in [4.78, 5) is 30.7. The molecule has 1 amide bonds. The number of aromatic nitrogens is 2. The van der Waals surface area contributed by atoms with Gasteiger partial charge in [-0.1, -0.05) is 0 Å². The van der Waals surface area contributed by atoms with E-state index >= 15 is 0 Å². The zero-order valence-corrected chi connectivity index (χ0v) is 15.1. The molecule has 25 heavy (non-hydrogen) atoms. The van der Waals surface area contributed by atoms with Crippen LogP contribution in [0.2, 0.25) is 0 Å². The molecule has 134 valence electrons. The average molecular weight is 343 g/mol. The molecule has 1 aliphatic heterocycles. The summed E-state index contributed by atoms with van der Waals surface area (Å²) < 4.78 is 7.46. The van der Waals surface area contributed by atoms with Gasteiger partial charge in [-0.3, -0.25) is 14.0 Å². The van der Waals surface area contributed by atoms with Gasteiger partial charge in [0.05, 0.1) is 12.3 Å². The second-order valence-electron chi connectivity index (χ2n) is 6.62. The lowest BCUT2D eigenvalue weighted by molar-refractivity contribution is -0.130. The van der Waals surface area contributed by atoms with Crippen LogP contribution in [0.5, 0.6) is 5.75 Å². The summed E-state index contributed by atoms with van der Waals surface area (Å²) >= 11 is 0. The van der Waals surface area contributed by atoms with Gasteiger partial charge in [-0.25, -0.2) is 4.98 Å². The summed E-state index contributed by atoms with van der Waals surface area (Å²) in [6.07, 6.45) is 4.12. The lowest BCUT2D eigenvalue weighted by atomic mass is 9.90. The molecule has 2 aromatic rings. The number of nitrogens with zero attached hydrogens (tertiary/aromatic N) is 3. The molecular formula is C19H25N3O3. The van der Waals surface area contributed by atoms with Gasteiger partial charge in [0.1, 0.15) is 5.69 Å². The summed E-state index contributed by atoms with van der Waals surface area (Å²) in [6.45, 7) is 7.45. The van der Waals surface area contributed by atoms with Crippen LogP contribution in [0.3, 0.4) is 0 Å². The topological polar surface area (TPSA) is 63.9 Å². The van der Waals surface area contributed by atoms with Crippen molar-refractivity contribution in [1.29, 1.82) is 0 Å². The zero-order chi connectivity index (χ0) is 18.0. The molecule has 1 saturated heterocycles. The van der Waals surface area contributed by atoms with Crippen molar-refractivity contribution in [2.75, 3.05) is 19.7 Å². The SMILES string of the molecule is CCOc1cccn2c(C(=O)CC3CCN(C(C)=O)CC3)c(C)nc12. The number of rotatable bonds is 5. The number of imidazole rings is 1. The van der Waals surface area contributed by atoms with E-state index in [0.717, 1.165) is 31.6 Å². The van der Waals surface area contributed by atoms with Gasteiger partial charge >= 0.3 is 0 Å². The molecule has 0 aromatic carbocycles. The van der Waals surface area contributed by atoms with Crippen LogP contribution in [0.1, 0.15) is 49.3 Å². The number of hydrogen-bond donors (Lipinski definition) is 0. The number of hydrogen-bond acceptors (Lipinski definition) is 4. The standard InChI is InChI=1S/C19H25N3O3/c1-4-25-17-6-5-9-22-18(13(2)20-19(17)22)16(24)12-15-7-10-21(11-8-15)14(3)23/h5-6,9,15H,4,7-8,10-12H2,1-3H3. The van der Waals surface area contributed by atoms with Crippen molar-refractivity contribution in [3.63, 3.8) is 0 Å². The van der Waals surface area contributed by atoms with Gasteiger partial charge in [0.2, 0.25) is 5.91 Å². The van der Waals surface area contributed by atoms with E-state index in [1.165, 1.54) is 0 Å². The molecule has 1 aliphatic rings. The first-order chi connectivity index (χ1) is 12.0. The highest BCUT2D eigenvalue weighted by molar-refractivity contribution is 5.96. The van der Waals surface area contributed by atoms with Crippen molar-refractivity contribution in [1.82, 2.24) is 14.3 Å². The number of carbonyl (C=O) groups is 2. The number of ether oxygens (including phenoxy) is 1. The van der Waals surface area contributed by atoms with Crippen LogP contribution in [0.4, 0.5) is 0 Å². The quantitative estimate of drug-likeness (QED) is 0.783. The minimum absolute atomic E-state index is 0.111. The normalized spacial score (nSPS) is 15.6. The summed E-state index contributed by atoms with van der Waals surface area (Å²) in [5.74, 6) is 1.25. The Kier molecular flexibility index (Phi) is 5.06. The number of fused-ring (bicyclic) bond motifs is 1. The van der Waals surface area contributed by atoms with E-state index in [9.17, 15) is 9.59 Å². The van der Waals surface area contributed by atoms with Crippen molar-refractivity contribution in [2.24, 2.45) is 5.92 Å². The van der Waals surface area contributed by atoms with E-state index < -0.39 is 0 Å². The van der Waals surface area contributed by atoms with E-state index in [1.54, 1.807) is 6.92 Å². The van der Waals surface area contributed by atoms with Crippen LogP contribution in [0.25, 0.3) is 5.65 Å². The molecule has 0 aliphatic carbocycles. The fourth-order valence-electron chi connectivity index (χ4n) is 3.57. The van der Waals surface area contributed by atoms with E-state index in [0.29, 0.717) is 36.0 Å². The lowest BCUT2D eigenvalue weighted by Gasteiger charge is -2.30. The smallest absolute Gasteiger partial charge is 0.219 e. The molecule has 0 N–H and O–H groups in total. The minimum Gasteiger partial charge on any atom is -0.490 e. The van der Waals surface area contributed by atoms with Crippen LogP contribution in [0, 0.1) is 12.8 Å². The number of pyridine rings is 1. The van der Waals surface area contributed by atoms with Gasteiger partial charge in [0, 0.05) is 32.6 Å². The highest BCUT2D eigenvalue weighted by atomic mass is 16.5. The minimum atomic E-state index is 0.111. The van der Waals surface area contributed by atoms with Gasteiger partial charge in [-0.15, -0.1) is 0 Å². The summed E-state index contributed by atoms with van der Waals surface area (Å²) in [5, 5.41) is 0. The first kappa shape index (κ1) is 17.5. The molecule has 3 heterocycles. The lowest BCUT2D eigenvalue weighted by Crippen LogP contribution is -2.37. The van der Waals surface area contributed by atoms with Gasteiger partial charge < -0.3 is 9.64 Å². The van der Waals surface area contributed by atoms with E-state index in [4.69, 9.17) is 4.74 Å². The van der Waals surface area contributed by atoms with Crippen LogP contribution >= 0.6 is 0 Å². The first-order valence-electron chi connectivity index (χ1n) is 8.90. The largest absolute Gasteiger partial charge is 0.490 e. The predicted molar refractivity (Wildman–Crippen MR) is 95.0 cm³/mol. The Hall–Kier alpha value is -2.37. The number of piperidine rings is 1. The number of amides is 1. The molecule has 0 saturated carbocycles. The third-order valence-electron chi connectivity index (χ3n) is 4.89. The molecule has 0 bridgehead atoms. The zero-order valence-electron chi connectivity index (χ0n) is 15.1. The van der Waals surface area contributed by atoms with E-state index in [-0.39, 0.29) is 11.7 Å². The van der Waals surface area contributed by atoms with Gasteiger partial charge in [-0.05, 0) is 44.7 Å². The Morgan fingerprint density at radius 1 is 1.32 bits per heavy atom. The number of carbonyl (C=O) groups excluding carboxylic acids is 2. The maximum Gasteiger partial charge on any atom is 0.219 e. The molecule has 2 aromatic heterocycles. The maximum absolute atomic E-state index is 12.9. The monoisotopic (exact) mass is 343 g/mol. The van der Waals surface area contributed by atoms with E-state index in [2.05, 4.69) is 4.98 Å². The van der Waals surface area contributed by atoms with Crippen molar-refractivity contribution in [3.05, 3.63) is 29.7 Å². The maximum atomic E-state index is 12.9. The Morgan fingerprint density at radius 2 is 2.04 bits per heavy atom. The number of aryl methyl sites for hydroxylation is 1. The summed E-state index contributed by atoms with van der Waals surface area (Å²) in [5.41, 5.74) is 2.07. The Labute approximate surface area is 147 Å². The highest BCUT2D eigenvalue weighted by Gasteiger charge is 2.26. The Balaban J connectivity index is 1.78. The molecule has 0 radical (unpaired) electrons. The van der Waals surface area contributed by atoms with Gasteiger partial charge in [-0.2, -0.15) is 0 Å². The molecule has 6 heteroatoms. The molecule has 0 unspecified atom stereocenters. The summed E-state index contributed by atoms with van der Waals surface area (Å²) in [7, 11) is 0. The number of Topliss-reactive ketones (excluding diaryl/α,β-unsaturated/α-hetero) is 1. The fraction of sp³-hybridized carbons (Fsp3) is 0.526. The predicted octanol–water partition coefficient (Wildman–Crippen LogP) is 2.87. The number of ketones is 1. The highest BCUT2D eigenvalue weighted by Crippen LogP contribution is 2.26. The first-order valence-corrected chi connectivity index (χ1v) is 8.90. The molecule has 1 fully saturated rings. The second-order valence-corrected chi connectivity index (χ2v) is 6.62. The van der Waals surface area contributed by atoms with Crippen molar-refractivity contribution < 1.29 is 14.3 Å². The van der Waals surface area contributed by atoms with Gasteiger partial charge in [0.25, 0.3) is 0 Å². The van der Waals surface area contributed by atoms with Crippen LogP contribution < -0.4 is 4.74 Å². The molecule has 0 spiro atoms. The fourth-order valence-corrected chi connectivity index (χ4v) is 3.57. The molecule has 0 atom stereocenters. The van der Waals surface area contributed by atoms with Gasteiger partial charge in [0.15, 0.2) is 17.2 Å². The van der Waals surface area contributed by atoms with E-state index in [1.807, 2.05) is 41.5 Å². The van der Waals surface area contributed by atoms with Crippen molar-refractivity contribution in [3.8, 4) is 5.75 Å². The van der Waals surface area contributed by atoms with Crippen molar-refractivity contribution in [2.45, 2.75) is 40.0 Å².